The predicted molar refractivity (Wildman–Crippen MR) is 76.9 cm³/mol. The van der Waals surface area contributed by atoms with Gasteiger partial charge in [0.2, 0.25) is 0 Å². The van der Waals surface area contributed by atoms with E-state index in [-0.39, 0.29) is 24.3 Å². The lowest BCUT2D eigenvalue weighted by Gasteiger charge is -2.17. The van der Waals surface area contributed by atoms with E-state index in [9.17, 15) is 9.59 Å². The highest BCUT2D eigenvalue weighted by atomic mass is 79.9. The van der Waals surface area contributed by atoms with Crippen molar-refractivity contribution >= 4 is 27.8 Å². The maximum Gasteiger partial charge on any atom is 0.305 e. The number of hydrogen-bond donors (Lipinski definition) is 2. The molecule has 1 fully saturated rings. The molecule has 1 unspecified atom stereocenters. The third-order valence-corrected chi connectivity index (χ3v) is 4.01. The van der Waals surface area contributed by atoms with Crippen molar-refractivity contribution in [1.82, 2.24) is 5.32 Å². The number of carbonyl (C=O) groups is 2. The van der Waals surface area contributed by atoms with Crippen LogP contribution >= 0.6 is 15.9 Å². The van der Waals surface area contributed by atoms with E-state index < -0.39 is 5.97 Å². The van der Waals surface area contributed by atoms with Crippen LogP contribution in [0.25, 0.3) is 0 Å². The molecule has 0 heterocycles. The Morgan fingerprint density at radius 2 is 2.20 bits per heavy atom. The van der Waals surface area contributed by atoms with Crippen LogP contribution in [0.5, 0.6) is 5.75 Å². The van der Waals surface area contributed by atoms with Crippen LogP contribution in [-0.4, -0.2) is 30.1 Å². The molecule has 0 spiro atoms. The van der Waals surface area contributed by atoms with Gasteiger partial charge in [-0.05, 0) is 52.9 Å². The molecule has 1 atom stereocenters. The van der Waals surface area contributed by atoms with Gasteiger partial charge in [-0.2, -0.15) is 0 Å². The fourth-order valence-corrected chi connectivity index (χ4v) is 2.50. The minimum absolute atomic E-state index is 0.0437. The van der Waals surface area contributed by atoms with Crippen LogP contribution < -0.4 is 10.1 Å². The molecule has 0 aliphatic heterocycles. The first-order chi connectivity index (χ1) is 9.51. The Morgan fingerprint density at radius 1 is 1.50 bits per heavy atom. The molecule has 0 radical (unpaired) electrons. The number of rotatable bonds is 6. The van der Waals surface area contributed by atoms with Crippen LogP contribution in [0.1, 0.15) is 29.6 Å². The summed E-state index contributed by atoms with van der Waals surface area (Å²) in [6.45, 7) is 0. The maximum absolute atomic E-state index is 12.3. The molecule has 6 heteroatoms. The summed E-state index contributed by atoms with van der Waals surface area (Å²) in [4.78, 5) is 23.1. The molecule has 1 saturated carbocycles. The van der Waals surface area contributed by atoms with Gasteiger partial charge in [-0.25, -0.2) is 0 Å². The minimum Gasteiger partial charge on any atom is -0.497 e. The first-order valence-electron chi connectivity index (χ1n) is 6.37. The van der Waals surface area contributed by atoms with Gasteiger partial charge in [0.15, 0.2) is 0 Å². The highest BCUT2D eigenvalue weighted by Gasteiger charge is 2.34. The van der Waals surface area contributed by atoms with Crippen LogP contribution in [0.3, 0.4) is 0 Å². The van der Waals surface area contributed by atoms with E-state index in [1.54, 1.807) is 18.2 Å². The Hall–Kier alpha value is -1.56. The molecular weight excluding hydrogens is 326 g/mol. The topological polar surface area (TPSA) is 75.6 Å². The Morgan fingerprint density at radius 3 is 2.75 bits per heavy atom. The molecule has 0 bridgehead atoms. The molecule has 1 aromatic rings. The van der Waals surface area contributed by atoms with Crippen LogP contribution in [0.2, 0.25) is 0 Å². The molecule has 0 saturated heterocycles. The van der Waals surface area contributed by atoms with Gasteiger partial charge in [-0.1, -0.05) is 0 Å². The second-order valence-electron chi connectivity index (χ2n) is 4.86. The predicted octanol–water partition coefficient (Wildman–Crippen LogP) is 2.44. The lowest BCUT2D eigenvalue weighted by Crippen LogP contribution is -2.38. The van der Waals surface area contributed by atoms with Crippen LogP contribution in [-0.2, 0) is 4.79 Å². The van der Waals surface area contributed by atoms with Gasteiger partial charge in [-0.15, -0.1) is 0 Å². The van der Waals surface area contributed by atoms with E-state index in [1.165, 1.54) is 7.11 Å². The van der Waals surface area contributed by atoms with Gasteiger partial charge in [0.1, 0.15) is 5.75 Å². The molecule has 1 aliphatic carbocycles. The van der Waals surface area contributed by atoms with Crippen molar-refractivity contribution in [2.24, 2.45) is 5.92 Å². The number of methoxy groups -OCH3 is 1. The fourth-order valence-electron chi connectivity index (χ4n) is 2.07. The number of aliphatic carboxylic acids is 1. The van der Waals surface area contributed by atoms with E-state index in [1.807, 2.05) is 0 Å². The molecule has 108 valence electrons. The molecule has 1 amide bonds. The highest BCUT2D eigenvalue weighted by molar-refractivity contribution is 9.10. The van der Waals surface area contributed by atoms with Crippen LogP contribution in [0, 0.1) is 5.92 Å². The number of hydrogen-bond acceptors (Lipinski definition) is 3. The molecule has 2 N–H and O–H groups in total. The normalized spacial score (nSPS) is 15.5. The second kappa shape index (κ2) is 6.26. The van der Waals surface area contributed by atoms with Crippen molar-refractivity contribution in [2.75, 3.05) is 7.11 Å². The molecule has 2 rings (SSSR count). The summed E-state index contributed by atoms with van der Waals surface area (Å²) >= 11 is 3.32. The summed E-state index contributed by atoms with van der Waals surface area (Å²) in [7, 11) is 1.53. The summed E-state index contributed by atoms with van der Waals surface area (Å²) in [5.74, 6) is -0.320. The van der Waals surface area contributed by atoms with Crippen molar-refractivity contribution in [3.8, 4) is 5.75 Å². The standard InChI is InChI=1S/C14H16BrNO4/c1-20-9-4-5-11(15)10(6-9)14(19)16-12(7-13(17)18)8-2-3-8/h4-6,8,12H,2-3,7H2,1H3,(H,16,19)(H,17,18). The first kappa shape index (κ1) is 14.8. The zero-order valence-corrected chi connectivity index (χ0v) is 12.6. The van der Waals surface area contributed by atoms with Crippen molar-refractivity contribution in [3.63, 3.8) is 0 Å². The maximum atomic E-state index is 12.3. The lowest BCUT2D eigenvalue weighted by molar-refractivity contribution is -0.137. The van der Waals surface area contributed by atoms with E-state index >= 15 is 0 Å². The summed E-state index contributed by atoms with van der Waals surface area (Å²) < 4.78 is 5.75. The zero-order chi connectivity index (χ0) is 14.7. The van der Waals surface area contributed by atoms with Gasteiger partial charge in [0, 0.05) is 10.5 Å². The third-order valence-electron chi connectivity index (χ3n) is 3.32. The molecular formula is C14H16BrNO4. The van der Waals surface area contributed by atoms with Crippen molar-refractivity contribution in [1.29, 1.82) is 0 Å². The summed E-state index contributed by atoms with van der Waals surface area (Å²) in [6, 6.07) is 4.80. The van der Waals surface area contributed by atoms with Gasteiger partial charge in [0.25, 0.3) is 5.91 Å². The third kappa shape index (κ3) is 3.72. The quantitative estimate of drug-likeness (QED) is 0.833. The summed E-state index contributed by atoms with van der Waals surface area (Å²) in [6.07, 6.45) is 1.90. The Balaban J connectivity index is 2.11. The van der Waals surface area contributed by atoms with Crippen molar-refractivity contribution < 1.29 is 19.4 Å². The number of ether oxygens (including phenoxy) is 1. The van der Waals surface area contributed by atoms with Gasteiger partial charge >= 0.3 is 5.97 Å². The SMILES string of the molecule is COc1ccc(Br)c(C(=O)NC(CC(=O)O)C2CC2)c1. The number of carbonyl (C=O) groups excluding carboxylic acids is 1. The average molecular weight is 342 g/mol. The molecule has 0 aromatic heterocycles. The van der Waals surface area contributed by atoms with Crippen LogP contribution in [0.4, 0.5) is 0 Å². The first-order valence-corrected chi connectivity index (χ1v) is 7.16. The molecule has 20 heavy (non-hydrogen) atoms. The zero-order valence-electron chi connectivity index (χ0n) is 11.1. The number of nitrogens with one attached hydrogen (secondary N) is 1. The highest BCUT2D eigenvalue weighted by Crippen LogP contribution is 2.34. The van der Waals surface area contributed by atoms with E-state index in [0.29, 0.717) is 15.8 Å². The largest absolute Gasteiger partial charge is 0.497 e. The smallest absolute Gasteiger partial charge is 0.305 e. The number of benzene rings is 1. The van der Waals surface area contributed by atoms with E-state index in [2.05, 4.69) is 21.2 Å². The second-order valence-corrected chi connectivity index (χ2v) is 5.72. The Labute approximate surface area is 125 Å². The average Bonchev–Trinajstić information content (AvgIpc) is 3.22. The Bertz CT molecular complexity index is 528. The Kier molecular flexibility index (Phi) is 4.65. The van der Waals surface area contributed by atoms with E-state index in [4.69, 9.17) is 9.84 Å². The number of halogens is 1. The van der Waals surface area contributed by atoms with Gasteiger partial charge in [0.05, 0.1) is 19.1 Å². The monoisotopic (exact) mass is 341 g/mol. The number of carboxylic acid groups (broad SMARTS) is 1. The molecule has 5 nitrogen and oxygen atoms in total. The molecule has 1 aliphatic rings. The number of amides is 1. The minimum atomic E-state index is -0.896. The summed E-state index contributed by atoms with van der Waals surface area (Å²) in [5.41, 5.74) is 0.445. The van der Waals surface area contributed by atoms with Gasteiger partial charge in [-0.3, -0.25) is 9.59 Å². The molecule has 1 aromatic carbocycles. The lowest BCUT2D eigenvalue weighted by atomic mass is 10.1. The summed E-state index contributed by atoms with van der Waals surface area (Å²) in [5, 5.41) is 11.7. The fraction of sp³-hybridized carbons (Fsp3) is 0.429. The van der Waals surface area contributed by atoms with E-state index in [0.717, 1.165) is 12.8 Å². The van der Waals surface area contributed by atoms with Crippen LogP contribution in [0.15, 0.2) is 22.7 Å². The van der Waals surface area contributed by atoms with Crippen molar-refractivity contribution in [3.05, 3.63) is 28.2 Å². The van der Waals surface area contributed by atoms with Gasteiger partial charge < -0.3 is 15.2 Å². The van der Waals surface area contributed by atoms with Crippen molar-refractivity contribution in [2.45, 2.75) is 25.3 Å². The number of carboxylic acids is 1.